The number of rotatable bonds is 6. The number of carbonyl (C=O) groups is 1. The Bertz CT molecular complexity index is 557. The Morgan fingerprint density at radius 3 is 2.85 bits per heavy atom. The van der Waals surface area contributed by atoms with Gasteiger partial charge in [-0.2, -0.15) is 0 Å². The van der Waals surface area contributed by atoms with Crippen LogP contribution in [-0.4, -0.2) is 12.5 Å². The van der Waals surface area contributed by atoms with E-state index in [1.165, 1.54) is 0 Å². The molecule has 0 aliphatic carbocycles. The lowest BCUT2D eigenvalue weighted by molar-refractivity contribution is -0.122. The van der Waals surface area contributed by atoms with E-state index in [4.69, 9.17) is 16.3 Å². The van der Waals surface area contributed by atoms with Crippen molar-refractivity contribution >= 4 is 28.8 Å². The predicted octanol–water partition coefficient (Wildman–Crippen LogP) is 4.05. The third-order valence-corrected chi connectivity index (χ3v) is 4.14. The highest BCUT2D eigenvalue weighted by atomic mass is 35.5. The molecule has 106 valence electrons. The number of ether oxygens (including phenoxy) is 1. The third-order valence-electron chi connectivity index (χ3n) is 2.77. The zero-order valence-electron chi connectivity index (χ0n) is 11.1. The van der Waals surface area contributed by atoms with Gasteiger partial charge in [0.15, 0.2) is 0 Å². The number of hydrogen-bond donors (Lipinski definition) is 1. The first-order valence-electron chi connectivity index (χ1n) is 6.37. The molecule has 2 aromatic rings. The molecule has 1 aromatic carbocycles. The molecule has 0 aliphatic heterocycles. The van der Waals surface area contributed by atoms with E-state index in [0.717, 1.165) is 4.88 Å². The second-order valence-corrected chi connectivity index (χ2v) is 5.72. The molecule has 0 fully saturated rings. The van der Waals surface area contributed by atoms with Crippen LogP contribution >= 0.6 is 22.9 Å². The standard InChI is InChI=1S/C15H16ClNO2S/c1-11(14-7-4-10-20-14)17-15(18)8-9-19-13-6-3-2-5-12(13)16/h2-7,10-11H,8-9H2,1H3,(H,17,18)/t11-/m0/s1. The van der Waals surface area contributed by atoms with Gasteiger partial charge in [-0.25, -0.2) is 0 Å². The number of halogens is 1. The van der Waals surface area contributed by atoms with Crippen LogP contribution in [-0.2, 0) is 4.79 Å². The van der Waals surface area contributed by atoms with Crippen LogP contribution in [0.2, 0.25) is 5.02 Å². The second-order valence-electron chi connectivity index (χ2n) is 4.33. The van der Waals surface area contributed by atoms with Crippen molar-refractivity contribution in [2.75, 3.05) is 6.61 Å². The van der Waals surface area contributed by atoms with E-state index < -0.39 is 0 Å². The van der Waals surface area contributed by atoms with Gasteiger partial charge < -0.3 is 10.1 Å². The van der Waals surface area contributed by atoms with E-state index in [1.807, 2.05) is 36.6 Å². The van der Waals surface area contributed by atoms with Gasteiger partial charge in [0, 0.05) is 4.88 Å². The minimum absolute atomic E-state index is 0.0297. The summed E-state index contributed by atoms with van der Waals surface area (Å²) in [5, 5.41) is 5.50. The van der Waals surface area contributed by atoms with Crippen LogP contribution in [0.5, 0.6) is 5.75 Å². The minimum atomic E-state index is -0.0297. The van der Waals surface area contributed by atoms with Crippen LogP contribution in [0.3, 0.4) is 0 Å². The molecule has 1 atom stereocenters. The lowest BCUT2D eigenvalue weighted by Crippen LogP contribution is -2.27. The fraction of sp³-hybridized carbons (Fsp3) is 0.267. The van der Waals surface area contributed by atoms with Crippen molar-refractivity contribution in [1.82, 2.24) is 5.32 Å². The van der Waals surface area contributed by atoms with Crippen LogP contribution in [0.1, 0.15) is 24.3 Å². The van der Waals surface area contributed by atoms with E-state index in [1.54, 1.807) is 23.5 Å². The smallest absolute Gasteiger partial charge is 0.223 e. The van der Waals surface area contributed by atoms with Crippen molar-refractivity contribution in [3.05, 3.63) is 51.7 Å². The number of amides is 1. The molecule has 3 nitrogen and oxygen atoms in total. The zero-order chi connectivity index (χ0) is 14.4. The fourth-order valence-corrected chi connectivity index (χ4v) is 2.66. The predicted molar refractivity (Wildman–Crippen MR) is 82.4 cm³/mol. The molecule has 0 saturated heterocycles. The Morgan fingerprint density at radius 1 is 1.35 bits per heavy atom. The van der Waals surface area contributed by atoms with Gasteiger partial charge in [0.1, 0.15) is 5.75 Å². The van der Waals surface area contributed by atoms with E-state index in [-0.39, 0.29) is 11.9 Å². The summed E-state index contributed by atoms with van der Waals surface area (Å²) in [5.74, 6) is 0.575. The van der Waals surface area contributed by atoms with Gasteiger partial charge in [0.05, 0.1) is 24.1 Å². The van der Waals surface area contributed by atoms with Crippen LogP contribution in [0.15, 0.2) is 41.8 Å². The molecule has 1 amide bonds. The largest absolute Gasteiger partial charge is 0.491 e. The Balaban J connectivity index is 1.74. The molecule has 0 spiro atoms. The monoisotopic (exact) mass is 309 g/mol. The Labute approximate surface area is 127 Å². The molecule has 0 bridgehead atoms. The Hall–Kier alpha value is -1.52. The van der Waals surface area contributed by atoms with Crippen LogP contribution in [0.25, 0.3) is 0 Å². The topological polar surface area (TPSA) is 38.3 Å². The summed E-state index contributed by atoms with van der Waals surface area (Å²) in [6.45, 7) is 2.28. The number of benzene rings is 1. The van der Waals surface area contributed by atoms with Gasteiger partial charge in [-0.3, -0.25) is 4.79 Å². The average molecular weight is 310 g/mol. The van der Waals surface area contributed by atoms with Crippen molar-refractivity contribution in [2.45, 2.75) is 19.4 Å². The molecule has 0 aliphatic rings. The molecular weight excluding hydrogens is 294 g/mol. The van der Waals surface area contributed by atoms with Crippen LogP contribution in [0, 0.1) is 0 Å². The van der Waals surface area contributed by atoms with E-state index in [0.29, 0.717) is 23.8 Å². The van der Waals surface area contributed by atoms with Gasteiger partial charge in [0.2, 0.25) is 5.91 Å². The quantitative estimate of drug-likeness (QED) is 0.874. The summed E-state index contributed by atoms with van der Waals surface area (Å²) < 4.78 is 5.49. The molecule has 1 aromatic heterocycles. The van der Waals surface area contributed by atoms with Crippen LogP contribution in [0.4, 0.5) is 0 Å². The number of nitrogens with one attached hydrogen (secondary N) is 1. The summed E-state index contributed by atoms with van der Waals surface area (Å²) in [7, 11) is 0. The third kappa shape index (κ3) is 4.25. The number of thiophene rings is 1. The lowest BCUT2D eigenvalue weighted by Gasteiger charge is -2.12. The van der Waals surface area contributed by atoms with Crippen molar-refractivity contribution in [1.29, 1.82) is 0 Å². The summed E-state index contributed by atoms with van der Waals surface area (Å²) in [6, 6.07) is 11.2. The van der Waals surface area contributed by atoms with Crippen molar-refractivity contribution < 1.29 is 9.53 Å². The summed E-state index contributed by atoms with van der Waals surface area (Å²) in [4.78, 5) is 12.9. The van der Waals surface area contributed by atoms with E-state index >= 15 is 0 Å². The molecule has 2 rings (SSSR count). The molecule has 1 N–H and O–H groups in total. The van der Waals surface area contributed by atoms with Crippen LogP contribution < -0.4 is 10.1 Å². The summed E-state index contributed by atoms with van der Waals surface area (Å²) in [5.41, 5.74) is 0. The fourth-order valence-electron chi connectivity index (χ4n) is 1.74. The second kappa shape index (κ2) is 7.31. The zero-order valence-corrected chi connectivity index (χ0v) is 12.7. The lowest BCUT2D eigenvalue weighted by atomic mass is 10.2. The van der Waals surface area contributed by atoms with E-state index in [2.05, 4.69) is 5.32 Å². The highest BCUT2D eigenvalue weighted by molar-refractivity contribution is 7.10. The van der Waals surface area contributed by atoms with Gasteiger partial charge in [0.25, 0.3) is 0 Å². The summed E-state index contributed by atoms with van der Waals surface area (Å²) >= 11 is 7.60. The average Bonchev–Trinajstić information content (AvgIpc) is 2.95. The van der Waals surface area contributed by atoms with Crippen molar-refractivity contribution in [3.63, 3.8) is 0 Å². The highest BCUT2D eigenvalue weighted by Crippen LogP contribution is 2.23. The maximum Gasteiger partial charge on any atom is 0.223 e. The molecule has 1 heterocycles. The van der Waals surface area contributed by atoms with Crippen molar-refractivity contribution in [3.8, 4) is 5.75 Å². The number of carbonyl (C=O) groups excluding carboxylic acids is 1. The van der Waals surface area contributed by atoms with Gasteiger partial charge >= 0.3 is 0 Å². The first-order chi connectivity index (χ1) is 9.66. The van der Waals surface area contributed by atoms with Gasteiger partial charge in [-0.15, -0.1) is 11.3 Å². The number of para-hydroxylation sites is 1. The van der Waals surface area contributed by atoms with E-state index in [9.17, 15) is 4.79 Å². The van der Waals surface area contributed by atoms with Gasteiger partial charge in [-0.1, -0.05) is 29.8 Å². The number of hydrogen-bond acceptors (Lipinski definition) is 3. The maximum absolute atomic E-state index is 11.8. The molecular formula is C15H16ClNO2S. The van der Waals surface area contributed by atoms with Gasteiger partial charge in [-0.05, 0) is 30.5 Å². The highest BCUT2D eigenvalue weighted by Gasteiger charge is 2.10. The normalized spacial score (nSPS) is 11.9. The summed E-state index contributed by atoms with van der Waals surface area (Å²) in [6.07, 6.45) is 0.306. The molecule has 0 unspecified atom stereocenters. The molecule has 0 radical (unpaired) electrons. The minimum Gasteiger partial charge on any atom is -0.491 e. The first kappa shape index (κ1) is 14.9. The van der Waals surface area contributed by atoms with Crippen molar-refractivity contribution in [2.24, 2.45) is 0 Å². The Kier molecular flexibility index (Phi) is 5.44. The maximum atomic E-state index is 11.8. The first-order valence-corrected chi connectivity index (χ1v) is 7.62. The molecule has 5 heteroatoms. The SMILES string of the molecule is C[C@H](NC(=O)CCOc1ccccc1Cl)c1cccs1. The molecule has 0 saturated carbocycles. The molecule has 20 heavy (non-hydrogen) atoms. The Morgan fingerprint density at radius 2 is 2.15 bits per heavy atom.